The van der Waals surface area contributed by atoms with E-state index in [1.54, 1.807) is 0 Å². The van der Waals surface area contributed by atoms with E-state index in [9.17, 15) is 4.79 Å². The van der Waals surface area contributed by atoms with E-state index in [-0.39, 0.29) is 12.5 Å². The van der Waals surface area contributed by atoms with Crippen LogP contribution in [0.1, 0.15) is 17.5 Å². The predicted molar refractivity (Wildman–Crippen MR) is 114 cm³/mol. The van der Waals surface area contributed by atoms with Crippen molar-refractivity contribution in [2.75, 3.05) is 39.1 Å². The summed E-state index contributed by atoms with van der Waals surface area (Å²) in [4.78, 5) is 14.3. The van der Waals surface area contributed by atoms with Gasteiger partial charge in [-0.2, -0.15) is 0 Å². The van der Waals surface area contributed by atoms with Gasteiger partial charge in [0.05, 0.1) is 0 Å². The van der Waals surface area contributed by atoms with Crippen molar-refractivity contribution in [2.45, 2.75) is 19.9 Å². The number of benzene rings is 2. The molecule has 2 rings (SSSR count). The second-order valence-electron chi connectivity index (χ2n) is 6.79. The molecule has 0 aliphatic heterocycles. The number of nitrogens with zero attached hydrogens (tertiary/aromatic N) is 1. The fraction of sp³-hybridized carbons (Fsp3) is 0.381. The molecule has 5 nitrogen and oxygen atoms in total. The molecule has 6 heteroatoms. The molecule has 0 bridgehead atoms. The minimum atomic E-state index is -0.174. The molecule has 2 aromatic carbocycles. The van der Waals surface area contributed by atoms with E-state index in [0.29, 0.717) is 6.54 Å². The summed E-state index contributed by atoms with van der Waals surface area (Å²) in [6.07, 6.45) is 1.08. The summed E-state index contributed by atoms with van der Waals surface area (Å²) in [6, 6.07) is 13.5. The second kappa shape index (κ2) is 11.1. The number of hydrogen-bond donors (Lipinski definition) is 2. The molecule has 0 aliphatic rings. The van der Waals surface area contributed by atoms with Crippen molar-refractivity contribution in [3.8, 4) is 5.75 Å². The third kappa shape index (κ3) is 8.12. The summed E-state index contributed by atoms with van der Waals surface area (Å²) in [5.41, 5.74) is 2.95. The zero-order valence-electron chi connectivity index (χ0n) is 16.2. The maximum atomic E-state index is 12.1. The van der Waals surface area contributed by atoms with E-state index in [2.05, 4.69) is 45.6 Å². The zero-order chi connectivity index (χ0) is 19.6. The number of hydrogen-bond acceptors (Lipinski definition) is 4. The minimum absolute atomic E-state index is 0.0247. The van der Waals surface area contributed by atoms with E-state index >= 15 is 0 Å². The van der Waals surface area contributed by atoms with E-state index in [0.717, 1.165) is 46.5 Å². The summed E-state index contributed by atoms with van der Waals surface area (Å²) in [5.74, 6) is 0.545. The summed E-state index contributed by atoms with van der Waals surface area (Å²) < 4.78 is 6.75. The lowest BCUT2D eigenvalue weighted by Gasteiger charge is -2.14. The topological polar surface area (TPSA) is 53.6 Å². The number of nitrogens with one attached hydrogen (secondary N) is 2. The van der Waals surface area contributed by atoms with E-state index in [4.69, 9.17) is 4.74 Å². The highest BCUT2D eigenvalue weighted by Gasteiger charge is 2.08. The average molecular weight is 434 g/mol. The molecule has 0 heterocycles. The molecule has 27 heavy (non-hydrogen) atoms. The van der Waals surface area contributed by atoms with Crippen LogP contribution in [-0.2, 0) is 11.3 Å². The first-order valence-corrected chi connectivity index (χ1v) is 9.86. The lowest BCUT2D eigenvalue weighted by Crippen LogP contribution is -2.22. The standard InChI is InChI=1S/C21H28BrN3O2/c1-16-5-8-19(9-6-16)24-21(26)15-27-20-10-7-18(22)13-17(20)14-23-11-4-12-25(2)3/h5-10,13,23H,4,11-12,14-15H2,1-3H3,(H,24,26). The fourth-order valence-corrected chi connectivity index (χ4v) is 2.96. The number of rotatable bonds is 10. The van der Waals surface area contributed by atoms with Crippen molar-refractivity contribution < 1.29 is 9.53 Å². The first-order chi connectivity index (χ1) is 12.9. The van der Waals surface area contributed by atoms with Crippen LogP contribution >= 0.6 is 15.9 Å². The molecule has 2 N–H and O–H groups in total. The molecular formula is C21H28BrN3O2. The normalized spacial score (nSPS) is 10.9. The molecule has 2 aromatic rings. The van der Waals surface area contributed by atoms with Gasteiger partial charge in [0.25, 0.3) is 5.91 Å². The lowest BCUT2D eigenvalue weighted by atomic mass is 10.2. The van der Waals surface area contributed by atoms with Crippen LogP contribution in [0.2, 0.25) is 0 Å². The predicted octanol–water partition coefficient (Wildman–Crippen LogP) is 3.82. The SMILES string of the molecule is Cc1ccc(NC(=O)COc2ccc(Br)cc2CNCCCN(C)C)cc1. The van der Waals surface area contributed by atoms with Crippen molar-refractivity contribution >= 4 is 27.5 Å². The summed E-state index contributed by atoms with van der Waals surface area (Å²) in [7, 11) is 4.14. The molecule has 0 aliphatic carbocycles. The van der Waals surface area contributed by atoms with E-state index < -0.39 is 0 Å². The van der Waals surface area contributed by atoms with Crippen LogP contribution in [0.15, 0.2) is 46.9 Å². The Morgan fingerprint density at radius 1 is 1.15 bits per heavy atom. The van der Waals surface area contributed by atoms with Crippen LogP contribution in [-0.4, -0.2) is 44.6 Å². The van der Waals surface area contributed by atoms with Crippen molar-refractivity contribution in [1.82, 2.24) is 10.2 Å². The van der Waals surface area contributed by atoms with Gasteiger partial charge >= 0.3 is 0 Å². The molecule has 0 aromatic heterocycles. The van der Waals surface area contributed by atoms with Gasteiger partial charge < -0.3 is 20.3 Å². The van der Waals surface area contributed by atoms with Gasteiger partial charge in [0.1, 0.15) is 5.75 Å². The summed E-state index contributed by atoms with van der Waals surface area (Å²) >= 11 is 3.50. The number of halogens is 1. The highest BCUT2D eigenvalue weighted by molar-refractivity contribution is 9.10. The Kier molecular flexibility index (Phi) is 8.78. The monoisotopic (exact) mass is 433 g/mol. The van der Waals surface area contributed by atoms with Crippen molar-refractivity contribution in [2.24, 2.45) is 0 Å². The van der Waals surface area contributed by atoms with Gasteiger partial charge in [-0.05, 0) is 70.9 Å². The third-order valence-electron chi connectivity index (χ3n) is 3.99. The van der Waals surface area contributed by atoms with Crippen LogP contribution in [0.5, 0.6) is 5.75 Å². The maximum absolute atomic E-state index is 12.1. The number of ether oxygens (including phenoxy) is 1. The van der Waals surface area contributed by atoms with Crippen LogP contribution in [0.3, 0.4) is 0 Å². The number of carbonyl (C=O) groups excluding carboxylic acids is 1. The summed E-state index contributed by atoms with van der Waals surface area (Å²) in [6.45, 7) is 4.66. The number of amides is 1. The molecule has 0 fully saturated rings. The molecule has 0 saturated carbocycles. The number of anilines is 1. The molecule has 0 saturated heterocycles. The van der Waals surface area contributed by atoms with Crippen LogP contribution in [0, 0.1) is 6.92 Å². The molecule has 0 atom stereocenters. The van der Waals surface area contributed by atoms with E-state index in [1.165, 1.54) is 0 Å². The van der Waals surface area contributed by atoms with Gasteiger partial charge in [-0.15, -0.1) is 0 Å². The first-order valence-electron chi connectivity index (χ1n) is 9.07. The second-order valence-corrected chi connectivity index (χ2v) is 7.70. The van der Waals surface area contributed by atoms with Gasteiger partial charge in [0, 0.05) is 22.3 Å². The quantitative estimate of drug-likeness (QED) is 0.559. The highest BCUT2D eigenvalue weighted by Crippen LogP contribution is 2.23. The molecule has 0 radical (unpaired) electrons. The largest absolute Gasteiger partial charge is 0.483 e. The van der Waals surface area contributed by atoms with Crippen molar-refractivity contribution in [3.63, 3.8) is 0 Å². The van der Waals surface area contributed by atoms with Gasteiger partial charge in [0.2, 0.25) is 0 Å². The zero-order valence-corrected chi connectivity index (χ0v) is 17.8. The number of aryl methyl sites for hydroxylation is 1. The Morgan fingerprint density at radius 2 is 1.89 bits per heavy atom. The van der Waals surface area contributed by atoms with Crippen molar-refractivity contribution in [3.05, 3.63) is 58.1 Å². The van der Waals surface area contributed by atoms with Gasteiger partial charge in [0.15, 0.2) is 6.61 Å². The summed E-state index contributed by atoms with van der Waals surface area (Å²) in [5, 5.41) is 6.28. The maximum Gasteiger partial charge on any atom is 0.262 e. The Morgan fingerprint density at radius 3 is 2.59 bits per heavy atom. The lowest BCUT2D eigenvalue weighted by molar-refractivity contribution is -0.118. The Hall–Kier alpha value is -1.89. The van der Waals surface area contributed by atoms with Gasteiger partial charge in [-0.1, -0.05) is 33.6 Å². The average Bonchev–Trinajstić information content (AvgIpc) is 2.62. The Bertz CT molecular complexity index is 733. The molecule has 1 amide bonds. The van der Waals surface area contributed by atoms with Crippen LogP contribution in [0.25, 0.3) is 0 Å². The Balaban J connectivity index is 1.85. The third-order valence-corrected chi connectivity index (χ3v) is 4.48. The van der Waals surface area contributed by atoms with Gasteiger partial charge in [-0.3, -0.25) is 4.79 Å². The minimum Gasteiger partial charge on any atom is -0.483 e. The van der Waals surface area contributed by atoms with Crippen molar-refractivity contribution in [1.29, 1.82) is 0 Å². The first kappa shape index (κ1) is 21.4. The molecule has 0 spiro atoms. The van der Waals surface area contributed by atoms with Crippen LogP contribution < -0.4 is 15.4 Å². The Labute approximate surface area is 170 Å². The fourth-order valence-electron chi connectivity index (χ4n) is 2.55. The van der Waals surface area contributed by atoms with Crippen LogP contribution in [0.4, 0.5) is 5.69 Å². The number of carbonyl (C=O) groups is 1. The highest BCUT2D eigenvalue weighted by atomic mass is 79.9. The molecule has 146 valence electrons. The smallest absolute Gasteiger partial charge is 0.262 e. The van der Waals surface area contributed by atoms with Gasteiger partial charge in [-0.25, -0.2) is 0 Å². The molecule has 0 unspecified atom stereocenters. The van der Waals surface area contributed by atoms with E-state index in [1.807, 2.05) is 49.4 Å². The molecular weight excluding hydrogens is 406 g/mol.